The first kappa shape index (κ1) is 32.5. The van der Waals surface area contributed by atoms with Crippen molar-refractivity contribution in [2.45, 2.75) is 64.5 Å². The molecule has 2 fully saturated rings. The van der Waals surface area contributed by atoms with Crippen molar-refractivity contribution in [3.05, 3.63) is 70.8 Å². The third-order valence-electron chi connectivity index (χ3n) is 8.62. The third-order valence-corrected chi connectivity index (χ3v) is 8.62. The van der Waals surface area contributed by atoms with Crippen molar-refractivity contribution in [1.29, 1.82) is 0 Å². The molecule has 1 aliphatic carbocycles. The van der Waals surface area contributed by atoms with Gasteiger partial charge in [0.2, 0.25) is 0 Å². The van der Waals surface area contributed by atoms with Crippen LogP contribution in [0, 0.1) is 5.92 Å². The maximum atomic E-state index is 13.6. The third kappa shape index (κ3) is 8.43. The maximum absolute atomic E-state index is 13.6. The Kier molecular flexibility index (Phi) is 10.4. The molecule has 44 heavy (non-hydrogen) atoms. The Labute approximate surface area is 254 Å². The lowest BCUT2D eigenvalue weighted by Gasteiger charge is -2.38. The molecule has 0 radical (unpaired) electrons. The number of ether oxygens (including phenoxy) is 1. The van der Waals surface area contributed by atoms with Gasteiger partial charge in [0.1, 0.15) is 5.82 Å². The van der Waals surface area contributed by atoms with Gasteiger partial charge in [-0.3, -0.25) is 9.80 Å². The van der Waals surface area contributed by atoms with Gasteiger partial charge < -0.3 is 9.64 Å². The van der Waals surface area contributed by atoms with E-state index >= 15 is 0 Å². The molecule has 1 aliphatic heterocycles. The van der Waals surface area contributed by atoms with Crippen LogP contribution in [0.15, 0.2) is 48.5 Å². The topological polar surface area (TPSA) is 31.8 Å². The highest BCUT2D eigenvalue weighted by atomic mass is 19.4. The van der Waals surface area contributed by atoms with Gasteiger partial charge in [-0.05, 0) is 61.6 Å². The van der Waals surface area contributed by atoms with Crippen molar-refractivity contribution in [3.8, 4) is 0 Å². The van der Waals surface area contributed by atoms with E-state index in [0.717, 1.165) is 73.1 Å². The van der Waals surface area contributed by atoms with E-state index in [2.05, 4.69) is 9.80 Å². The molecule has 0 N–H and O–H groups in total. The first-order chi connectivity index (χ1) is 21.0. The molecule has 0 spiro atoms. The highest BCUT2D eigenvalue weighted by Crippen LogP contribution is 2.37. The summed E-state index contributed by atoms with van der Waals surface area (Å²) in [4.78, 5) is 11.5. The van der Waals surface area contributed by atoms with Crippen LogP contribution in [0.4, 0.5) is 32.2 Å². The summed E-state index contributed by atoms with van der Waals surface area (Å²) >= 11 is 0. The van der Waals surface area contributed by atoms with E-state index in [9.17, 15) is 26.3 Å². The lowest BCUT2D eigenvalue weighted by atomic mass is 9.89. The zero-order valence-electron chi connectivity index (χ0n) is 25.1. The Hall–Kier alpha value is -2.89. The number of anilines is 1. The summed E-state index contributed by atoms with van der Waals surface area (Å²) in [5.41, 5.74) is -1.04. The number of fused-ring (bicyclic) bond motifs is 1. The normalized spacial score (nSPS) is 17.6. The Morgan fingerprint density at radius 1 is 0.841 bits per heavy atom. The minimum atomic E-state index is -4.91. The van der Waals surface area contributed by atoms with E-state index in [-0.39, 0.29) is 31.5 Å². The number of pyridine rings is 1. The number of alkyl halides is 6. The maximum Gasteiger partial charge on any atom is 0.416 e. The quantitative estimate of drug-likeness (QED) is 0.169. The minimum Gasteiger partial charge on any atom is -0.366 e. The number of benzene rings is 2. The highest BCUT2D eigenvalue weighted by Gasteiger charge is 2.37. The number of nitrogens with zero attached hydrogens (tertiary/aromatic N) is 4. The average molecular weight is 623 g/mol. The summed E-state index contributed by atoms with van der Waals surface area (Å²) in [5, 5.41) is 0.914. The number of piperazine rings is 1. The lowest BCUT2D eigenvalue weighted by molar-refractivity contribution is -0.143. The number of aromatic nitrogens is 1. The molecule has 11 heteroatoms. The molecule has 0 amide bonds. The predicted molar refractivity (Wildman–Crippen MR) is 159 cm³/mol. The van der Waals surface area contributed by atoms with Gasteiger partial charge in [-0.25, -0.2) is 4.98 Å². The van der Waals surface area contributed by atoms with Crippen molar-refractivity contribution >= 4 is 16.7 Å². The molecule has 2 aromatic carbocycles. The first-order valence-electron chi connectivity index (χ1n) is 15.4. The summed E-state index contributed by atoms with van der Waals surface area (Å²) in [6.07, 6.45) is -3.27. The lowest BCUT2D eigenvalue weighted by Crippen LogP contribution is -2.48. The Morgan fingerprint density at radius 3 is 2.14 bits per heavy atom. The summed E-state index contributed by atoms with van der Waals surface area (Å²) in [6, 6.07) is 11.5. The van der Waals surface area contributed by atoms with Crippen molar-refractivity contribution in [2.75, 3.05) is 51.0 Å². The number of para-hydroxylation sites is 1. The molecule has 1 aromatic heterocycles. The van der Waals surface area contributed by atoms with Crippen molar-refractivity contribution < 1.29 is 31.1 Å². The Bertz CT molecular complexity index is 1350. The van der Waals surface area contributed by atoms with Gasteiger partial charge in [0, 0.05) is 63.4 Å². The van der Waals surface area contributed by atoms with E-state index in [1.807, 2.05) is 30.3 Å². The van der Waals surface area contributed by atoms with Crippen LogP contribution in [-0.4, -0.2) is 60.8 Å². The molecular weight excluding hydrogens is 582 g/mol. The van der Waals surface area contributed by atoms with Crippen LogP contribution < -0.4 is 4.90 Å². The van der Waals surface area contributed by atoms with Crippen molar-refractivity contribution in [1.82, 2.24) is 14.8 Å². The fourth-order valence-electron chi connectivity index (χ4n) is 6.39. The van der Waals surface area contributed by atoms with Crippen LogP contribution in [0.2, 0.25) is 0 Å². The molecule has 2 aliphatic rings. The monoisotopic (exact) mass is 622 g/mol. The molecule has 0 bridgehead atoms. The molecule has 2 heterocycles. The second-order valence-electron chi connectivity index (χ2n) is 12.0. The van der Waals surface area contributed by atoms with E-state index in [1.165, 1.54) is 32.1 Å². The van der Waals surface area contributed by atoms with Gasteiger partial charge in [-0.1, -0.05) is 37.5 Å². The fourth-order valence-corrected chi connectivity index (χ4v) is 6.39. The van der Waals surface area contributed by atoms with Crippen LogP contribution in [0.5, 0.6) is 0 Å². The largest absolute Gasteiger partial charge is 0.416 e. The fraction of sp³-hybridized carbons (Fsp3) is 0.545. The van der Waals surface area contributed by atoms with E-state index in [4.69, 9.17) is 9.72 Å². The Balaban J connectivity index is 1.40. The molecule has 0 atom stereocenters. The van der Waals surface area contributed by atoms with Crippen LogP contribution in [0.3, 0.4) is 0 Å². The standard InChI is InChI=1S/C33H40F6N4O/c1-2-44-23-42(21-25-16-28(32(34,35)36)19-29(17-25)33(37,38)39)22-27-18-26-10-6-7-11-30(26)40-31(27)43-14-12-41(13-15-43)20-24-8-4-3-5-9-24/h6-7,10-11,16-19,24H,2-5,8-9,12-15,20-23H2,1H3. The van der Waals surface area contributed by atoms with Gasteiger partial charge in [-0.15, -0.1) is 0 Å². The molecule has 5 nitrogen and oxygen atoms in total. The van der Waals surface area contributed by atoms with Gasteiger partial charge >= 0.3 is 12.4 Å². The van der Waals surface area contributed by atoms with Gasteiger partial charge in [0.05, 0.1) is 23.4 Å². The van der Waals surface area contributed by atoms with E-state index < -0.39 is 23.5 Å². The average Bonchev–Trinajstić information content (AvgIpc) is 2.99. The first-order valence-corrected chi connectivity index (χ1v) is 15.4. The molecule has 3 aromatic rings. The van der Waals surface area contributed by atoms with Crippen LogP contribution in [0.25, 0.3) is 10.9 Å². The van der Waals surface area contributed by atoms with E-state index in [0.29, 0.717) is 6.61 Å². The molecule has 1 saturated carbocycles. The number of rotatable bonds is 10. The zero-order valence-corrected chi connectivity index (χ0v) is 25.1. The predicted octanol–water partition coefficient (Wildman–Crippen LogP) is 7.97. The SMILES string of the molecule is CCOCN(Cc1cc(C(F)(F)F)cc(C(F)(F)F)c1)Cc1cc2ccccc2nc1N1CCN(CC2CCCCC2)CC1. The summed E-state index contributed by atoms with van der Waals surface area (Å²) < 4.78 is 87.0. The molecular formula is C33H40F6N4O. The highest BCUT2D eigenvalue weighted by molar-refractivity contribution is 5.81. The van der Waals surface area contributed by atoms with Crippen LogP contribution in [-0.2, 0) is 30.2 Å². The Morgan fingerprint density at radius 2 is 1.50 bits per heavy atom. The van der Waals surface area contributed by atoms with Gasteiger partial charge in [0.15, 0.2) is 0 Å². The van der Waals surface area contributed by atoms with Crippen molar-refractivity contribution in [2.24, 2.45) is 5.92 Å². The van der Waals surface area contributed by atoms with Gasteiger partial charge in [-0.2, -0.15) is 26.3 Å². The number of hydrogen-bond donors (Lipinski definition) is 0. The minimum absolute atomic E-state index is 0.0372. The second-order valence-corrected chi connectivity index (χ2v) is 12.0. The second kappa shape index (κ2) is 14.0. The summed E-state index contributed by atoms with van der Waals surface area (Å²) in [7, 11) is 0. The summed E-state index contributed by atoms with van der Waals surface area (Å²) in [6.45, 7) is 6.79. The molecule has 5 rings (SSSR count). The number of hydrogen-bond acceptors (Lipinski definition) is 5. The van der Waals surface area contributed by atoms with Crippen LogP contribution >= 0.6 is 0 Å². The van der Waals surface area contributed by atoms with Crippen LogP contribution in [0.1, 0.15) is 61.3 Å². The van der Waals surface area contributed by atoms with Gasteiger partial charge in [0.25, 0.3) is 0 Å². The van der Waals surface area contributed by atoms with E-state index in [1.54, 1.807) is 11.8 Å². The molecule has 1 saturated heterocycles. The summed E-state index contributed by atoms with van der Waals surface area (Å²) in [5.74, 6) is 1.55. The molecule has 0 unspecified atom stereocenters. The molecule has 240 valence electrons. The van der Waals surface area contributed by atoms with Crippen molar-refractivity contribution in [3.63, 3.8) is 0 Å². The smallest absolute Gasteiger partial charge is 0.366 e. The number of halogens is 6. The zero-order chi connectivity index (χ0) is 31.3.